The van der Waals surface area contributed by atoms with Crippen LogP contribution in [0.3, 0.4) is 0 Å². The average molecular weight is 532 g/mol. The van der Waals surface area contributed by atoms with Crippen LogP contribution in [0.1, 0.15) is 32.1 Å². The Labute approximate surface area is 213 Å². The van der Waals surface area contributed by atoms with E-state index in [-0.39, 0.29) is 31.5 Å². The van der Waals surface area contributed by atoms with Crippen molar-refractivity contribution in [2.75, 3.05) is 25.0 Å². The first kappa shape index (κ1) is 23.5. The fourth-order valence-electron chi connectivity index (χ4n) is 4.21. The molecule has 36 heavy (non-hydrogen) atoms. The van der Waals surface area contributed by atoms with E-state index < -0.39 is 5.92 Å². The predicted octanol–water partition coefficient (Wildman–Crippen LogP) is 4.49. The second kappa shape index (κ2) is 9.52. The third-order valence-corrected chi connectivity index (χ3v) is 8.06. The minimum Gasteiger partial charge on any atom is -0.473 e. The Morgan fingerprint density at radius 1 is 1.22 bits per heavy atom. The van der Waals surface area contributed by atoms with Crippen molar-refractivity contribution >= 4 is 50.0 Å². The minimum absolute atomic E-state index is 0.0774. The Balaban J connectivity index is 1.14. The third-order valence-electron chi connectivity index (χ3n) is 6.20. The first-order chi connectivity index (χ1) is 17.4. The molecule has 188 valence electrons. The highest BCUT2D eigenvalue weighted by Gasteiger charge is 2.35. The summed E-state index contributed by atoms with van der Waals surface area (Å²) < 4.78 is 35.7. The number of alkyl halides is 2. The molecule has 2 fully saturated rings. The molecule has 0 unspecified atom stereocenters. The maximum absolute atomic E-state index is 13.6. The van der Waals surface area contributed by atoms with Gasteiger partial charge >= 0.3 is 0 Å². The lowest BCUT2D eigenvalue weighted by Gasteiger charge is -2.31. The topological polar surface area (TPSA) is 97.5 Å². The molecule has 0 radical (unpaired) electrons. The molecule has 1 saturated carbocycles. The number of ether oxygens (including phenoxy) is 1. The van der Waals surface area contributed by atoms with Gasteiger partial charge in [-0.25, -0.2) is 13.8 Å². The molecule has 9 nitrogen and oxygen atoms in total. The number of carbonyl (C=O) groups is 1. The van der Waals surface area contributed by atoms with Crippen molar-refractivity contribution in [1.29, 1.82) is 0 Å². The Hall–Kier alpha value is -2.90. The number of amides is 1. The van der Waals surface area contributed by atoms with Crippen LogP contribution >= 0.6 is 23.1 Å². The second-order valence-corrected chi connectivity index (χ2v) is 11.1. The minimum atomic E-state index is -2.74. The molecule has 0 spiro atoms. The Morgan fingerprint density at radius 3 is 2.92 bits per heavy atom. The number of hydrogen-bond donors (Lipinski definition) is 1. The van der Waals surface area contributed by atoms with Crippen molar-refractivity contribution in [3.05, 3.63) is 30.3 Å². The first-order valence-electron chi connectivity index (χ1n) is 11.8. The van der Waals surface area contributed by atoms with E-state index in [4.69, 9.17) is 4.74 Å². The number of nitrogens with one attached hydrogen (secondary N) is 1. The summed E-state index contributed by atoms with van der Waals surface area (Å²) in [5.41, 5.74) is 1.37. The van der Waals surface area contributed by atoms with Gasteiger partial charge in [-0.15, -0.1) is 15.3 Å². The molecule has 4 aromatic rings. The van der Waals surface area contributed by atoms with Crippen LogP contribution in [0.25, 0.3) is 15.9 Å². The van der Waals surface area contributed by atoms with E-state index >= 15 is 0 Å². The van der Waals surface area contributed by atoms with Gasteiger partial charge < -0.3 is 10.1 Å². The number of piperidine rings is 1. The molecule has 1 aromatic carbocycles. The lowest BCUT2D eigenvalue weighted by Crippen LogP contribution is -2.45. The van der Waals surface area contributed by atoms with E-state index in [1.807, 2.05) is 30.3 Å². The van der Waals surface area contributed by atoms with Gasteiger partial charge in [0.15, 0.2) is 10.8 Å². The summed E-state index contributed by atoms with van der Waals surface area (Å²) in [6, 6.07) is 9.41. The van der Waals surface area contributed by atoms with E-state index in [0.29, 0.717) is 34.8 Å². The van der Waals surface area contributed by atoms with Gasteiger partial charge in [0.1, 0.15) is 6.10 Å². The zero-order valence-electron chi connectivity index (χ0n) is 19.2. The van der Waals surface area contributed by atoms with Crippen LogP contribution in [0.15, 0.2) is 40.4 Å². The SMILES string of the molecule is O=C(CN1CCCC(F)(F)C1)Nc1nc2ccc(Sc3nnc4ccc(OC5CCC5)nn34)cc2s1. The van der Waals surface area contributed by atoms with Gasteiger partial charge in [-0.3, -0.25) is 9.69 Å². The number of anilines is 1. The quantitative estimate of drug-likeness (QED) is 0.373. The van der Waals surface area contributed by atoms with Crippen LogP contribution in [0, 0.1) is 0 Å². The normalized spacial score (nSPS) is 18.4. The number of aromatic nitrogens is 5. The van der Waals surface area contributed by atoms with Gasteiger partial charge in [0.2, 0.25) is 16.9 Å². The highest BCUT2D eigenvalue weighted by molar-refractivity contribution is 7.99. The van der Waals surface area contributed by atoms with E-state index in [1.54, 1.807) is 4.52 Å². The predicted molar refractivity (Wildman–Crippen MR) is 132 cm³/mol. The summed E-state index contributed by atoms with van der Waals surface area (Å²) in [6.45, 7) is 0.0248. The van der Waals surface area contributed by atoms with Gasteiger partial charge in [-0.1, -0.05) is 11.3 Å². The van der Waals surface area contributed by atoms with Gasteiger partial charge in [-0.2, -0.15) is 4.52 Å². The molecule has 1 saturated heterocycles. The molecule has 0 bridgehead atoms. The van der Waals surface area contributed by atoms with Crippen molar-refractivity contribution in [3.63, 3.8) is 0 Å². The Bertz CT molecular complexity index is 1420. The number of nitrogens with zero attached hydrogens (tertiary/aromatic N) is 6. The summed E-state index contributed by atoms with van der Waals surface area (Å²) in [5.74, 6) is -2.53. The van der Waals surface area contributed by atoms with E-state index in [1.165, 1.54) is 34.4 Å². The van der Waals surface area contributed by atoms with Crippen LogP contribution in [0.5, 0.6) is 5.88 Å². The Morgan fingerprint density at radius 2 is 2.11 bits per heavy atom. The van der Waals surface area contributed by atoms with E-state index in [9.17, 15) is 13.6 Å². The maximum atomic E-state index is 13.6. The zero-order valence-corrected chi connectivity index (χ0v) is 20.8. The molecule has 4 heterocycles. The number of rotatable bonds is 7. The van der Waals surface area contributed by atoms with Crippen molar-refractivity contribution in [3.8, 4) is 5.88 Å². The molecule has 1 amide bonds. The monoisotopic (exact) mass is 531 g/mol. The van der Waals surface area contributed by atoms with Crippen LogP contribution in [-0.4, -0.2) is 67.3 Å². The number of thiazole rings is 1. The second-order valence-electron chi connectivity index (χ2n) is 9.06. The van der Waals surface area contributed by atoms with Crippen LogP contribution in [0.2, 0.25) is 0 Å². The number of carbonyl (C=O) groups excluding carboxylic acids is 1. The lowest BCUT2D eigenvalue weighted by atomic mass is 9.96. The lowest BCUT2D eigenvalue weighted by molar-refractivity contribution is -0.120. The number of hydrogen-bond acceptors (Lipinski definition) is 9. The van der Waals surface area contributed by atoms with Crippen molar-refractivity contribution in [1.82, 2.24) is 29.7 Å². The summed E-state index contributed by atoms with van der Waals surface area (Å²) >= 11 is 2.75. The van der Waals surface area contributed by atoms with E-state index in [2.05, 4.69) is 25.6 Å². The highest BCUT2D eigenvalue weighted by Crippen LogP contribution is 2.33. The van der Waals surface area contributed by atoms with Crippen molar-refractivity contribution in [2.24, 2.45) is 0 Å². The molecule has 0 atom stereocenters. The molecular formula is C23H23F2N7O2S2. The summed E-state index contributed by atoms with van der Waals surface area (Å²) in [5, 5.41) is 16.8. The van der Waals surface area contributed by atoms with Crippen LogP contribution in [-0.2, 0) is 4.79 Å². The zero-order chi connectivity index (χ0) is 24.7. The largest absolute Gasteiger partial charge is 0.473 e. The van der Waals surface area contributed by atoms with E-state index in [0.717, 1.165) is 28.0 Å². The summed E-state index contributed by atoms with van der Waals surface area (Å²) in [7, 11) is 0. The average Bonchev–Trinajstić information content (AvgIpc) is 3.38. The molecule has 1 aliphatic carbocycles. The standard InChI is InChI=1S/C23H23F2N7O2S2/c24-23(25)9-2-10-31(13-23)12-19(33)27-21-26-16-6-5-15(11-17(16)36-21)35-22-29-28-18-7-8-20(30-32(18)22)34-14-3-1-4-14/h5-8,11,14H,1-4,9-10,12-13H2,(H,26,27,33). The molecule has 3 aromatic heterocycles. The number of likely N-dealkylation sites (tertiary alicyclic amines) is 1. The molecule has 1 aliphatic heterocycles. The fraction of sp³-hybridized carbons (Fsp3) is 0.435. The van der Waals surface area contributed by atoms with Crippen LogP contribution in [0.4, 0.5) is 13.9 Å². The highest BCUT2D eigenvalue weighted by atomic mass is 32.2. The number of benzene rings is 1. The number of fused-ring (bicyclic) bond motifs is 2. The first-order valence-corrected chi connectivity index (χ1v) is 13.4. The van der Waals surface area contributed by atoms with Gasteiger partial charge in [-0.05, 0) is 68.3 Å². The number of halogens is 2. The van der Waals surface area contributed by atoms with Gasteiger partial charge in [0.05, 0.1) is 23.3 Å². The molecule has 13 heteroatoms. The Kier molecular flexibility index (Phi) is 6.21. The van der Waals surface area contributed by atoms with Crippen LogP contribution < -0.4 is 10.1 Å². The smallest absolute Gasteiger partial charge is 0.260 e. The van der Waals surface area contributed by atoms with Crippen molar-refractivity contribution in [2.45, 2.75) is 54.2 Å². The fourth-order valence-corrected chi connectivity index (χ4v) is 6.03. The maximum Gasteiger partial charge on any atom is 0.260 e. The molecule has 1 N–H and O–H groups in total. The summed E-state index contributed by atoms with van der Waals surface area (Å²) in [6.07, 6.45) is 3.77. The third kappa shape index (κ3) is 5.13. The van der Waals surface area contributed by atoms with Gasteiger partial charge in [0.25, 0.3) is 5.92 Å². The summed E-state index contributed by atoms with van der Waals surface area (Å²) in [4.78, 5) is 19.3. The van der Waals surface area contributed by atoms with Crippen molar-refractivity contribution < 1.29 is 18.3 Å². The molecule has 2 aliphatic rings. The molecular weight excluding hydrogens is 508 g/mol. The van der Waals surface area contributed by atoms with Gasteiger partial charge in [0, 0.05) is 17.4 Å². The molecule has 6 rings (SSSR count).